The summed E-state index contributed by atoms with van der Waals surface area (Å²) in [7, 11) is 2.21. The monoisotopic (exact) mass is 276 g/mol. The SMILES string of the molecule is CC(C)c1cc(CN2CC3(CCN(C)C3)C2)ccc1F. The Balaban J connectivity index is 1.61. The number of hydrogen-bond acceptors (Lipinski definition) is 2. The normalized spacial score (nSPS) is 22.6. The van der Waals surface area contributed by atoms with Gasteiger partial charge in [-0.1, -0.05) is 26.0 Å². The number of benzene rings is 1. The lowest BCUT2D eigenvalue weighted by Gasteiger charge is -2.48. The van der Waals surface area contributed by atoms with Crippen LogP contribution in [0.2, 0.25) is 0 Å². The fourth-order valence-corrected chi connectivity index (χ4v) is 3.82. The Bertz CT molecular complexity index is 492. The molecule has 0 atom stereocenters. The molecule has 0 bridgehead atoms. The lowest BCUT2D eigenvalue weighted by Crippen LogP contribution is -2.56. The maximum atomic E-state index is 13.7. The summed E-state index contributed by atoms with van der Waals surface area (Å²) >= 11 is 0. The highest BCUT2D eigenvalue weighted by Crippen LogP contribution is 2.39. The van der Waals surface area contributed by atoms with Crippen molar-refractivity contribution < 1.29 is 4.39 Å². The van der Waals surface area contributed by atoms with Gasteiger partial charge in [0.2, 0.25) is 0 Å². The molecule has 0 amide bonds. The number of hydrogen-bond donors (Lipinski definition) is 0. The summed E-state index contributed by atoms with van der Waals surface area (Å²) in [5.41, 5.74) is 2.64. The summed E-state index contributed by atoms with van der Waals surface area (Å²) in [5, 5.41) is 0. The van der Waals surface area contributed by atoms with Crippen LogP contribution in [0.15, 0.2) is 18.2 Å². The molecule has 20 heavy (non-hydrogen) atoms. The summed E-state index contributed by atoms with van der Waals surface area (Å²) in [6, 6.07) is 5.61. The van der Waals surface area contributed by atoms with Crippen molar-refractivity contribution in [1.82, 2.24) is 9.80 Å². The van der Waals surface area contributed by atoms with Crippen LogP contribution < -0.4 is 0 Å². The summed E-state index contributed by atoms with van der Waals surface area (Å²) in [6.45, 7) is 9.94. The van der Waals surface area contributed by atoms with Gasteiger partial charge in [0.15, 0.2) is 0 Å². The lowest BCUT2D eigenvalue weighted by atomic mass is 9.79. The van der Waals surface area contributed by atoms with Crippen molar-refractivity contribution in [3.8, 4) is 0 Å². The van der Waals surface area contributed by atoms with Gasteiger partial charge < -0.3 is 4.90 Å². The van der Waals surface area contributed by atoms with Crippen LogP contribution in [-0.2, 0) is 6.54 Å². The van der Waals surface area contributed by atoms with E-state index in [1.54, 1.807) is 6.07 Å². The van der Waals surface area contributed by atoms with Gasteiger partial charge >= 0.3 is 0 Å². The zero-order valence-electron chi connectivity index (χ0n) is 12.8. The second-order valence-corrected chi connectivity index (χ2v) is 7.14. The first-order valence-corrected chi connectivity index (χ1v) is 7.67. The largest absolute Gasteiger partial charge is 0.306 e. The van der Waals surface area contributed by atoms with Gasteiger partial charge in [-0.15, -0.1) is 0 Å². The van der Waals surface area contributed by atoms with E-state index < -0.39 is 0 Å². The molecule has 0 N–H and O–H groups in total. The molecule has 2 heterocycles. The van der Waals surface area contributed by atoms with E-state index >= 15 is 0 Å². The van der Waals surface area contributed by atoms with Gasteiger partial charge in [-0.3, -0.25) is 4.90 Å². The second kappa shape index (κ2) is 5.12. The number of rotatable bonds is 3. The third-order valence-electron chi connectivity index (χ3n) is 4.84. The predicted molar refractivity (Wildman–Crippen MR) is 80.3 cm³/mol. The van der Waals surface area contributed by atoms with Crippen LogP contribution in [-0.4, -0.2) is 43.0 Å². The summed E-state index contributed by atoms with van der Waals surface area (Å²) in [6.07, 6.45) is 1.33. The van der Waals surface area contributed by atoms with Crippen molar-refractivity contribution in [3.05, 3.63) is 35.1 Å². The molecule has 2 fully saturated rings. The van der Waals surface area contributed by atoms with Gasteiger partial charge in [-0.05, 0) is 43.1 Å². The molecule has 0 radical (unpaired) electrons. The molecule has 2 aliphatic rings. The minimum absolute atomic E-state index is 0.0683. The fourth-order valence-electron chi connectivity index (χ4n) is 3.82. The molecule has 2 saturated heterocycles. The first-order valence-electron chi connectivity index (χ1n) is 7.67. The number of halogens is 1. The molecule has 2 aliphatic heterocycles. The Hall–Kier alpha value is -0.930. The molecule has 3 heteroatoms. The van der Waals surface area contributed by atoms with Gasteiger partial charge in [-0.2, -0.15) is 0 Å². The molecule has 0 aliphatic carbocycles. The maximum Gasteiger partial charge on any atom is 0.126 e. The van der Waals surface area contributed by atoms with Gasteiger partial charge in [-0.25, -0.2) is 4.39 Å². The lowest BCUT2D eigenvalue weighted by molar-refractivity contribution is 0.00374. The Kier molecular flexibility index (Phi) is 3.59. The molecule has 110 valence electrons. The zero-order valence-corrected chi connectivity index (χ0v) is 12.8. The van der Waals surface area contributed by atoms with Crippen molar-refractivity contribution in [3.63, 3.8) is 0 Å². The molecule has 3 rings (SSSR count). The van der Waals surface area contributed by atoms with Crippen molar-refractivity contribution in [1.29, 1.82) is 0 Å². The average molecular weight is 276 g/mol. The fraction of sp³-hybridized carbons (Fsp3) is 0.647. The van der Waals surface area contributed by atoms with Gasteiger partial charge in [0.25, 0.3) is 0 Å². The van der Waals surface area contributed by atoms with Crippen LogP contribution in [0.25, 0.3) is 0 Å². The molecular weight excluding hydrogens is 251 g/mol. The van der Waals surface area contributed by atoms with E-state index in [4.69, 9.17) is 0 Å². The average Bonchev–Trinajstić information content (AvgIpc) is 2.73. The van der Waals surface area contributed by atoms with Crippen LogP contribution in [0.3, 0.4) is 0 Å². The van der Waals surface area contributed by atoms with Crippen LogP contribution in [0.5, 0.6) is 0 Å². The first-order chi connectivity index (χ1) is 9.47. The Morgan fingerprint density at radius 3 is 2.60 bits per heavy atom. The molecular formula is C17H25FN2. The highest BCUT2D eigenvalue weighted by molar-refractivity contribution is 5.27. The molecule has 1 spiro atoms. The molecule has 0 saturated carbocycles. The third-order valence-corrected chi connectivity index (χ3v) is 4.84. The van der Waals surface area contributed by atoms with Crippen molar-refractivity contribution in [2.75, 3.05) is 33.2 Å². The van der Waals surface area contributed by atoms with E-state index in [1.807, 2.05) is 12.1 Å². The third kappa shape index (κ3) is 2.61. The van der Waals surface area contributed by atoms with E-state index in [2.05, 4.69) is 30.7 Å². The number of likely N-dealkylation sites (tertiary alicyclic amines) is 2. The Morgan fingerprint density at radius 2 is 2.00 bits per heavy atom. The summed E-state index contributed by atoms with van der Waals surface area (Å²) in [4.78, 5) is 4.93. The standard InChI is InChI=1S/C17H25FN2/c1-13(2)15-8-14(4-5-16(15)18)9-20-11-17(12-20)6-7-19(3)10-17/h4-5,8,13H,6-7,9-12H2,1-3H3. The predicted octanol–water partition coefficient (Wildman–Crippen LogP) is 3.09. The van der Waals surface area contributed by atoms with Crippen LogP contribution in [0, 0.1) is 11.2 Å². The van der Waals surface area contributed by atoms with Crippen LogP contribution >= 0.6 is 0 Å². The zero-order chi connectivity index (χ0) is 14.3. The van der Waals surface area contributed by atoms with E-state index in [0.29, 0.717) is 5.41 Å². The second-order valence-electron chi connectivity index (χ2n) is 7.14. The van der Waals surface area contributed by atoms with Gasteiger partial charge in [0.1, 0.15) is 5.82 Å². The summed E-state index contributed by atoms with van der Waals surface area (Å²) < 4.78 is 13.7. The molecule has 0 unspecified atom stereocenters. The van der Waals surface area contributed by atoms with Crippen molar-refractivity contribution in [2.45, 2.75) is 32.7 Å². The molecule has 1 aromatic rings. The highest BCUT2D eigenvalue weighted by Gasteiger charge is 2.46. The maximum absolute atomic E-state index is 13.7. The van der Waals surface area contributed by atoms with Crippen molar-refractivity contribution in [2.24, 2.45) is 5.41 Å². The van der Waals surface area contributed by atoms with E-state index in [1.165, 1.54) is 38.2 Å². The molecule has 2 nitrogen and oxygen atoms in total. The molecule has 1 aromatic carbocycles. The highest BCUT2D eigenvalue weighted by atomic mass is 19.1. The topological polar surface area (TPSA) is 6.48 Å². The van der Waals surface area contributed by atoms with Crippen LogP contribution in [0.4, 0.5) is 4.39 Å². The smallest absolute Gasteiger partial charge is 0.126 e. The first kappa shape index (κ1) is 14.0. The van der Waals surface area contributed by atoms with Gasteiger partial charge in [0.05, 0.1) is 0 Å². The number of nitrogens with zero attached hydrogens (tertiary/aromatic N) is 2. The van der Waals surface area contributed by atoms with Crippen molar-refractivity contribution >= 4 is 0 Å². The van der Waals surface area contributed by atoms with E-state index in [-0.39, 0.29) is 11.7 Å². The Morgan fingerprint density at radius 1 is 1.25 bits per heavy atom. The molecule has 0 aromatic heterocycles. The quantitative estimate of drug-likeness (QED) is 0.837. The van der Waals surface area contributed by atoms with E-state index in [9.17, 15) is 4.39 Å². The summed E-state index contributed by atoms with van der Waals surface area (Å²) in [5.74, 6) is 0.183. The minimum atomic E-state index is -0.0683. The van der Waals surface area contributed by atoms with Gasteiger partial charge in [0, 0.05) is 31.6 Å². The Labute approximate surface area is 121 Å². The minimum Gasteiger partial charge on any atom is -0.306 e. The van der Waals surface area contributed by atoms with E-state index in [0.717, 1.165) is 12.1 Å². The van der Waals surface area contributed by atoms with Crippen LogP contribution in [0.1, 0.15) is 37.3 Å².